The maximum atomic E-state index is 11.5. The van der Waals surface area contributed by atoms with Crippen molar-refractivity contribution in [3.8, 4) is 0 Å². The van der Waals surface area contributed by atoms with Crippen LogP contribution in [0.5, 0.6) is 0 Å². The van der Waals surface area contributed by atoms with E-state index in [0.29, 0.717) is 12.2 Å². The van der Waals surface area contributed by atoms with E-state index in [4.69, 9.17) is 4.74 Å². The lowest BCUT2D eigenvalue weighted by atomic mass is 9.88. The molecule has 90 valence electrons. The molecule has 0 radical (unpaired) electrons. The van der Waals surface area contributed by atoms with Gasteiger partial charge in [0.1, 0.15) is 0 Å². The van der Waals surface area contributed by atoms with Crippen molar-refractivity contribution >= 4 is 5.97 Å². The summed E-state index contributed by atoms with van der Waals surface area (Å²) in [5.41, 5.74) is 4.86. The molecule has 0 atom stereocenters. The molecule has 0 aliphatic carbocycles. The van der Waals surface area contributed by atoms with Gasteiger partial charge >= 0.3 is 5.97 Å². The Morgan fingerprint density at radius 1 is 1.38 bits per heavy atom. The predicted molar refractivity (Wildman–Crippen MR) is 67.1 cm³/mol. The molecule has 0 heterocycles. The van der Waals surface area contributed by atoms with E-state index >= 15 is 0 Å². The summed E-state index contributed by atoms with van der Waals surface area (Å²) in [5.74, 6) is -0.292. The fraction of sp³-hybridized carbons (Fsp3) is 0.571. The van der Waals surface area contributed by atoms with Crippen LogP contribution in [0.1, 0.15) is 41.5 Å². The third-order valence-corrected chi connectivity index (χ3v) is 2.39. The van der Waals surface area contributed by atoms with Crippen molar-refractivity contribution in [1.82, 2.24) is 0 Å². The molecule has 0 saturated carbocycles. The Labute approximate surface area is 98.7 Å². The van der Waals surface area contributed by atoms with Crippen molar-refractivity contribution in [2.24, 2.45) is 5.41 Å². The predicted octanol–water partition coefficient (Wildman–Crippen LogP) is 3.64. The molecule has 0 aliphatic heterocycles. The van der Waals surface area contributed by atoms with E-state index in [1.54, 1.807) is 19.1 Å². The summed E-state index contributed by atoms with van der Waals surface area (Å²) < 4.78 is 4.93. The third kappa shape index (κ3) is 4.99. The fourth-order valence-electron chi connectivity index (χ4n) is 0.877. The molecule has 0 fully saturated rings. The molecule has 0 rings (SSSR count). The van der Waals surface area contributed by atoms with Gasteiger partial charge in [0.2, 0.25) is 0 Å². The van der Waals surface area contributed by atoms with Crippen molar-refractivity contribution in [3.63, 3.8) is 0 Å². The Kier molecular flexibility index (Phi) is 5.84. The molecule has 0 aromatic heterocycles. The van der Waals surface area contributed by atoms with Crippen LogP contribution >= 0.6 is 0 Å². The molecule has 0 N–H and O–H groups in total. The van der Waals surface area contributed by atoms with Crippen molar-refractivity contribution in [1.29, 1.82) is 0 Å². The number of carbonyl (C=O) groups excluding carboxylic acids is 1. The van der Waals surface area contributed by atoms with Gasteiger partial charge in [0.25, 0.3) is 0 Å². The fourth-order valence-corrected chi connectivity index (χ4v) is 0.877. The minimum absolute atomic E-state index is 0.0734. The van der Waals surface area contributed by atoms with Gasteiger partial charge in [-0.3, -0.25) is 0 Å². The zero-order valence-electron chi connectivity index (χ0n) is 11.2. The molecule has 0 bridgehead atoms. The van der Waals surface area contributed by atoms with E-state index in [0.717, 1.165) is 5.57 Å². The SMILES string of the molecule is CC=C(C=C=C(C)C(C)(C)C)C(=O)OCC. The highest BCUT2D eigenvalue weighted by atomic mass is 16.5. The molecule has 2 nitrogen and oxygen atoms in total. The second-order valence-corrected chi connectivity index (χ2v) is 4.63. The van der Waals surface area contributed by atoms with Gasteiger partial charge in [0, 0.05) is 0 Å². The van der Waals surface area contributed by atoms with Crippen LogP contribution in [0.2, 0.25) is 0 Å². The molecule has 16 heavy (non-hydrogen) atoms. The Bertz CT molecular complexity index is 334. The summed E-state index contributed by atoms with van der Waals surface area (Å²) in [6.07, 6.45) is 3.43. The van der Waals surface area contributed by atoms with Gasteiger partial charge in [-0.2, -0.15) is 0 Å². The molecule has 0 aromatic carbocycles. The molecule has 0 spiro atoms. The molecule has 0 aromatic rings. The second kappa shape index (κ2) is 6.34. The van der Waals surface area contributed by atoms with Crippen LogP contribution in [0.15, 0.2) is 29.0 Å². The first-order valence-corrected chi connectivity index (χ1v) is 5.60. The molecule has 0 unspecified atom stereocenters. The van der Waals surface area contributed by atoms with Crippen molar-refractivity contribution in [2.45, 2.75) is 41.5 Å². The smallest absolute Gasteiger partial charge is 0.338 e. The Morgan fingerprint density at radius 2 is 1.94 bits per heavy atom. The van der Waals surface area contributed by atoms with Crippen LogP contribution in [0.3, 0.4) is 0 Å². The van der Waals surface area contributed by atoms with Crippen LogP contribution in [0.25, 0.3) is 0 Å². The number of hydrogen-bond donors (Lipinski definition) is 0. The molecule has 0 saturated heterocycles. The van der Waals surface area contributed by atoms with Crippen molar-refractivity contribution in [3.05, 3.63) is 29.0 Å². The largest absolute Gasteiger partial charge is 0.462 e. The highest BCUT2D eigenvalue weighted by Gasteiger charge is 2.12. The number of rotatable bonds is 3. The Morgan fingerprint density at radius 3 is 2.31 bits per heavy atom. The van der Waals surface area contributed by atoms with E-state index in [-0.39, 0.29) is 11.4 Å². The van der Waals surface area contributed by atoms with Crippen LogP contribution in [0.4, 0.5) is 0 Å². The van der Waals surface area contributed by atoms with Gasteiger partial charge in [-0.15, -0.1) is 5.73 Å². The standard InChI is InChI=1S/C14H22O2/c1-7-12(13(15)16-8-2)10-9-11(3)14(4,5)6/h7,10H,8H2,1-6H3. The van der Waals surface area contributed by atoms with Crippen LogP contribution in [-0.2, 0) is 9.53 Å². The minimum atomic E-state index is -0.292. The summed E-state index contributed by atoms with van der Waals surface area (Å²) >= 11 is 0. The van der Waals surface area contributed by atoms with Crippen molar-refractivity contribution < 1.29 is 9.53 Å². The molecule has 2 heteroatoms. The van der Waals surface area contributed by atoms with Gasteiger partial charge in [-0.25, -0.2) is 4.79 Å². The zero-order valence-corrected chi connectivity index (χ0v) is 11.2. The third-order valence-electron chi connectivity index (χ3n) is 2.39. The number of esters is 1. The second-order valence-electron chi connectivity index (χ2n) is 4.63. The van der Waals surface area contributed by atoms with Gasteiger partial charge < -0.3 is 4.74 Å². The maximum absolute atomic E-state index is 11.5. The van der Waals surface area contributed by atoms with E-state index in [1.807, 2.05) is 13.8 Å². The number of ether oxygens (including phenoxy) is 1. The highest BCUT2D eigenvalue weighted by molar-refractivity contribution is 5.91. The Hall–Kier alpha value is -1.27. The zero-order chi connectivity index (χ0) is 12.8. The van der Waals surface area contributed by atoms with Crippen LogP contribution in [-0.4, -0.2) is 12.6 Å². The monoisotopic (exact) mass is 222 g/mol. The summed E-state index contributed by atoms with van der Waals surface area (Å²) in [5, 5.41) is 0. The molecule has 0 amide bonds. The number of hydrogen-bond acceptors (Lipinski definition) is 2. The topological polar surface area (TPSA) is 26.3 Å². The first-order chi connectivity index (χ1) is 7.32. The summed E-state index contributed by atoms with van der Waals surface area (Å²) in [4.78, 5) is 11.5. The normalized spacial score (nSPS) is 11.8. The average molecular weight is 222 g/mol. The van der Waals surface area contributed by atoms with Gasteiger partial charge in [-0.1, -0.05) is 26.8 Å². The maximum Gasteiger partial charge on any atom is 0.338 e. The lowest BCUT2D eigenvalue weighted by molar-refractivity contribution is -0.138. The van der Waals surface area contributed by atoms with E-state index < -0.39 is 0 Å². The lowest BCUT2D eigenvalue weighted by Crippen LogP contribution is -2.07. The Balaban J connectivity index is 4.95. The van der Waals surface area contributed by atoms with Gasteiger partial charge in [0.15, 0.2) is 0 Å². The summed E-state index contributed by atoms with van der Waals surface area (Å²) in [7, 11) is 0. The molecular weight excluding hydrogens is 200 g/mol. The van der Waals surface area contributed by atoms with Gasteiger partial charge in [-0.05, 0) is 37.8 Å². The summed E-state index contributed by atoms with van der Waals surface area (Å²) in [6.45, 7) is 12.4. The van der Waals surface area contributed by atoms with Gasteiger partial charge in [0.05, 0.1) is 12.2 Å². The molecular formula is C14H22O2. The molecule has 0 aliphatic rings. The summed E-state index contributed by atoms with van der Waals surface area (Å²) in [6, 6.07) is 0. The number of allylic oxidation sites excluding steroid dienone is 1. The van der Waals surface area contributed by atoms with Crippen LogP contribution < -0.4 is 0 Å². The van der Waals surface area contributed by atoms with Crippen molar-refractivity contribution in [2.75, 3.05) is 6.61 Å². The first kappa shape index (κ1) is 14.7. The first-order valence-electron chi connectivity index (χ1n) is 5.60. The minimum Gasteiger partial charge on any atom is -0.462 e. The van der Waals surface area contributed by atoms with Crippen LogP contribution in [0, 0.1) is 5.41 Å². The van der Waals surface area contributed by atoms with E-state index in [1.165, 1.54) is 0 Å². The average Bonchev–Trinajstić information content (AvgIpc) is 2.17. The quantitative estimate of drug-likeness (QED) is 0.315. The van der Waals surface area contributed by atoms with E-state index in [9.17, 15) is 4.79 Å². The number of carbonyl (C=O) groups is 1. The van der Waals surface area contributed by atoms with E-state index in [2.05, 4.69) is 26.5 Å². The highest BCUT2D eigenvalue weighted by Crippen LogP contribution is 2.23. The lowest BCUT2D eigenvalue weighted by Gasteiger charge is -2.16.